The monoisotopic (exact) mass is 385 g/mol. The van der Waals surface area contributed by atoms with E-state index in [1.54, 1.807) is 24.3 Å². The van der Waals surface area contributed by atoms with Crippen LogP contribution in [0.25, 0.3) is 0 Å². The number of nitrogens with one attached hydrogen (secondary N) is 2. The topological polar surface area (TPSA) is 120 Å². The van der Waals surface area contributed by atoms with E-state index in [4.69, 9.17) is 10.5 Å². The van der Waals surface area contributed by atoms with Gasteiger partial charge in [0.25, 0.3) is 5.91 Å². The van der Waals surface area contributed by atoms with Gasteiger partial charge in [0.1, 0.15) is 6.54 Å². The average Bonchev–Trinajstić information content (AvgIpc) is 2.66. The van der Waals surface area contributed by atoms with Gasteiger partial charge in [-0.25, -0.2) is 0 Å². The fraction of sp³-hybridized carbons (Fsp3) is 0.471. The molecule has 0 saturated carbocycles. The molecule has 2 rings (SSSR count). The zero-order valence-corrected chi connectivity index (χ0v) is 15.4. The third-order valence-corrected chi connectivity index (χ3v) is 4.35. The van der Waals surface area contributed by atoms with Crippen LogP contribution in [0, 0.1) is 5.41 Å². The summed E-state index contributed by atoms with van der Waals surface area (Å²) in [7, 11) is 1.25. The van der Waals surface area contributed by atoms with Crippen LogP contribution in [0.5, 0.6) is 0 Å². The van der Waals surface area contributed by atoms with Crippen LogP contribution in [0.2, 0.25) is 0 Å². The number of methoxy groups -OCH3 is 1. The number of anilines is 1. The van der Waals surface area contributed by atoms with Crippen LogP contribution in [0.3, 0.4) is 0 Å². The third kappa shape index (κ3) is 5.42. The van der Waals surface area contributed by atoms with Crippen molar-refractivity contribution in [1.29, 1.82) is 0 Å². The number of hydrogen-bond acceptors (Lipinski definition) is 6. The predicted molar refractivity (Wildman–Crippen MR) is 98.2 cm³/mol. The lowest BCUT2D eigenvalue weighted by Gasteiger charge is -2.34. The molecule has 9 heteroatoms. The Morgan fingerprint density at radius 3 is 2.35 bits per heavy atom. The zero-order chi connectivity index (χ0) is 18.3. The first-order chi connectivity index (χ1) is 12.0. The van der Waals surface area contributed by atoms with E-state index >= 15 is 0 Å². The number of hydrogen-bond donors (Lipinski definition) is 3. The minimum atomic E-state index is -0.616. The van der Waals surface area contributed by atoms with Gasteiger partial charge in [0.05, 0.1) is 12.5 Å². The molecular formula is C17H24ClN3O5. The molecule has 8 nitrogen and oxygen atoms in total. The first-order valence-electron chi connectivity index (χ1n) is 8.05. The van der Waals surface area contributed by atoms with Crippen LogP contribution in [-0.2, 0) is 19.1 Å². The van der Waals surface area contributed by atoms with Crippen molar-refractivity contribution in [2.45, 2.75) is 12.8 Å². The van der Waals surface area contributed by atoms with E-state index in [9.17, 15) is 14.4 Å². The van der Waals surface area contributed by atoms with E-state index in [-0.39, 0.29) is 31.4 Å². The summed E-state index contributed by atoms with van der Waals surface area (Å²) < 4.78 is 9.76. The number of nitrogens with two attached hydrogens (primary N) is 1. The van der Waals surface area contributed by atoms with Gasteiger partial charge in [0, 0.05) is 31.0 Å². The second-order valence-electron chi connectivity index (χ2n) is 5.89. The van der Waals surface area contributed by atoms with Gasteiger partial charge in [0.2, 0.25) is 5.91 Å². The highest BCUT2D eigenvalue weighted by Crippen LogP contribution is 2.30. The molecular weight excluding hydrogens is 362 g/mol. The molecule has 1 aromatic carbocycles. The quantitative estimate of drug-likeness (QED) is 0.620. The number of benzene rings is 1. The van der Waals surface area contributed by atoms with Crippen LogP contribution in [0.15, 0.2) is 24.3 Å². The highest BCUT2D eigenvalue weighted by Gasteiger charge is 2.38. The molecule has 2 amide bonds. The molecule has 1 aliphatic rings. The van der Waals surface area contributed by atoms with E-state index in [1.165, 1.54) is 7.11 Å². The Morgan fingerprint density at radius 1 is 1.19 bits per heavy atom. The van der Waals surface area contributed by atoms with E-state index in [1.807, 2.05) is 0 Å². The minimum absolute atomic E-state index is 0. The Balaban J connectivity index is 0.00000338. The summed E-state index contributed by atoms with van der Waals surface area (Å²) in [5.74, 6) is -1.06. The van der Waals surface area contributed by atoms with E-state index in [0.717, 1.165) is 0 Å². The van der Waals surface area contributed by atoms with Crippen molar-refractivity contribution in [2.24, 2.45) is 11.1 Å². The fourth-order valence-electron chi connectivity index (χ4n) is 2.58. The number of carbonyl (C=O) groups excluding carboxylic acids is 3. The maximum Gasteiger partial charge on any atom is 0.325 e. The molecule has 0 radical (unpaired) electrons. The van der Waals surface area contributed by atoms with Gasteiger partial charge in [-0.1, -0.05) is 0 Å². The van der Waals surface area contributed by atoms with Crippen molar-refractivity contribution in [1.82, 2.24) is 5.32 Å². The molecule has 1 fully saturated rings. The molecule has 4 N–H and O–H groups in total. The third-order valence-electron chi connectivity index (χ3n) is 4.35. The van der Waals surface area contributed by atoms with Crippen LogP contribution >= 0.6 is 12.4 Å². The smallest absolute Gasteiger partial charge is 0.325 e. The molecule has 0 unspecified atom stereocenters. The minimum Gasteiger partial charge on any atom is -0.468 e. The van der Waals surface area contributed by atoms with E-state index in [0.29, 0.717) is 37.3 Å². The summed E-state index contributed by atoms with van der Waals surface area (Å²) in [6.45, 7) is 1.10. The molecule has 144 valence electrons. The first-order valence-corrected chi connectivity index (χ1v) is 8.05. The summed E-state index contributed by atoms with van der Waals surface area (Å²) in [6.07, 6.45) is 1.17. The lowest BCUT2D eigenvalue weighted by molar-refractivity contribution is -0.139. The fourth-order valence-corrected chi connectivity index (χ4v) is 2.58. The van der Waals surface area contributed by atoms with Gasteiger partial charge < -0.3 is 25.8 Å². The molecule has 1 saturated heterocycles. The van der Waals surface area contributed by atoms with Gasteiger partial charge in [-0.05, 0) is 37.1 Å². The number of rotatable bonds is 6. The normalized spacial score (nSPS) is 15.3. The number of carbonyl (C=O) groups is 3. The average molecular weight is 386 g/mol. The molecule has 1 heterocycles. The highest BCUT2D eigenvalue weighted by atomic mass is 35.5. The first kappa shape index (κ1) is 21.9. The van der Waals surface area contributed by atoms with E-state index < -0.39 is 17.3 Å². The van der Waals surface area contributed by atoms with E-state index in [2.05, 4.69) is 15.4 Å². The van der Waals surface area contributed by atoms with Crippen molar-refractivity contribution in [3.63, 3.8) is 0 Å². The Hall–Kier alpha value is -2.16. The molecule has 1 aromatic rings. The Labute approximate surface area is 158 Å². The second kappa shape index (κ2) is 10.1. The lowest BCUT2D eigenvalue weighted by Crippen LogP contribution is -2.46. The number of ether oxygens (including phenoxy) is 2. The molecule has 0 aromatic heterocycles. The van der Waals surface area contributed by atoms with Crippen LogP contribution in [0.1, 0.15) is 23.2 Å². The largest absolute Gasteiger partial charge is 0.468 e. The Morgan fingerprint density at radius 2 is 1.81 bits per heavy atom. The van der Waals surface area contributed by atoms with Gasteiger partial charge in [-0.2, -0.15) is 0 Å². The van der Waals surface area contributed by atoms with Crippen LogP contribution in [0.4, 0.5) is 5.69 Å². The van der Waals surface area contributed by atoms with Crippen molar-refractivity contribution in [3.8, 4) is 0 Å². The maximum atomic E-state index is 12.6. The van der Waals surface area contributed by atoms with Crippen molar-refractivity contribution in [2.75, 3.05) is 38.7 Å². The Bertz CT molecular complexity index is 630. The standard InChI is InChI=1S/C17H23N3O5.ClH/c1-24-14(21)10-19-15(22)12-2-4-13(5-3-12)20-16(23)17(11-18)6-8-25-9-7-17;/h2-5H,6-11,18H2,1H3,(H,19,22)(H,20,23);1H. The lowest BCUT2D eigenvalue weighted by atomic mass is 9.79. The van der Waals surface area contributed by atoms with Gasteiger partial charge in [-0.15, -0.1) is 12.4 Å². The summed E-state index contributed by atoms with van der Waals surface area (Å²) in [4.78, 5) is 35.5. The molecule has 0 atom stereocenters. The van der Waals surface area contributed by atoms with Gasteiger partial charge >= 0.3 is 5.97 Å². The van der Waals surface area contributed by atoms with Gasteiger partial charge in [0.15, 0.2) is 0 Å². The highest BCUT2D eigenvalue weighted by molar-refractivity contribution is 5.98. The van der Waals surface area contributed by atoms with Crippen molar-refractivity contribution in [3.05, 3.63) is 29.8 Å². The zero-order valence-electron chi connectivity index (χ0n) is 14.6. The maximum absolute atomic E-state index is 12.6. The second-order valence-corrected chi connectivity index (χ2v) is 5.89. The number of amides is 2. The molecule has 1 aliphatic heterocycles. The van der Waals surface area contributed by atoms with Crippen molar-refractivity contribution >= 4 is 35.9 Å². The van der Waals surface area contributed by atoms with Gasteiger partial charge in [-0.3, -0.25) is 14.4 Å². The summed E-state index contributed by atoms with van der Waals surface area (Å²) >= 11 is 0. The molecule has 0 spiro atoms. The molecule has 26 heavy (non-hydrogen) atoms. The SMILES string of the molecule is COC(=O)CNC(=O)c1ccc(NC(=O)C2(CN)CCOCC2)cc1.Cl. The predicted octanol–water partition coefficient (Wildman–Crippen LogP) is 0.705. The summed E-state index contributed by atoms with van der Waals surface area (Å²) in [6, 6.07) is 6.41. The molecule has 0 aliphatic carbocycles. The number of halogens is 1. The summed E-state index contributed by atoms with van der Waals surface area (Å²) in [5, 5.41) is 5.29. The summed E-state index contributed by atoms with van der Waals surface area (Å²) in [5.41, 5.74) is 6.16. The Kier molecular flexibility index (Phi) is 8.50. The van der Waals surface area contributed by atoms with Crippen LogP contribution in [-0.4, -0.2) is 51.2 Å². The molecule has 0 bridgehead atoms. The van der Waals surface area contributed by atoms with Crippen LogP contribution < -0.4 is 16.4 Å². The number of esters is 1. The van der Waals surface area contributed by atoms with Crippen molar-refractivity contribution < 1.29 is 23.9 Å².